The molecular formula is C31H38FN5O7. The summed E-state index contributed by atoms with van der Waals surface area (Å²) in [6, 6.07) is 3.07. The number of fused-ring (bicyclic) bond motifs is 1. The standard InChI is InChI=1S/C31H38FN5O7/c1-16-14-41-15-23(16)42-27(38)36-24-10-18-9-19(20-11-33-13-22(17(20)2)35-28(39)43-30(3,4)5)25(32)26(21(18)12-34-24)37-29(40)44-31(6,7)8/h9-13,16,23H,14-15H2,1-8H3,(H,35,39)(H,37,40)(H,34,36,38)/t16-,23-/m1/s1. The number of amides is 3. The second-order valence-electron chi connectivity index (χ2n) is 12.6. The van der Waals surface area contributed by atoms with Crippen molar-refractivity contribution in [2.45, 2.75) is 72.7 Å². The molecule has 2 aromatic heterocycles. The minimum atomic E-state index is -0.872. The van der Waals surface area contributed by atoms with Crippen LogP contribution in [0.15, 0.2) is 30.7 Å². The van der Waals surface area contributed by atoms with Crippen LogP contribution >= 0.6 is 0 Å². The zero-order chi connectivity index (χ0) is 32.4. The van der Waals surface area contributed by atoms with Gasteiger partial charge in [0.15, 0.2) is 5.82 Å². The Bertz CT molecular complexity index is 1580. The Hall–Kier alpha value is -4.52. The van der Waals surface area contributed by atoms with E-state index in [1.165, 1.54) is 30.7 Å². The molecule has 3 aromatic rings. The SMILES string of the molecule is Cc1c(NC(=O)OC(C)(C)C)cncc1-c1cc2cc(NC(=O)O[C@@H]3COC[C@H]3C)ncc2c(NC(=O)OC(C)(C)C)c1F. The van der Waals surface area contributed by atoms with Crippen LogP contribution < -0.4 is 16.0 Å². The average Bonchev–Trinajstić information content (AvgIpc) is 3.28. The molecule has 0 bridgehead atoms. The molecule has 0 aliphatic carbocycles. The van der Waals surface area contributed by atoms with Gasteiger partial charge >= 0.3 is 18.3 Å². The predicted octanol–water partition coefficient (Wildman–Crippen LogP) is 7.02. The van der Waals surface area contributed by atoms with Gasteiger partial charge in [0, 0.05) is 34.8 Å². The van der Waals surface area contributed by atoms with Gasteiger partial charge in [-0.05, 0) is 71.5 Å². The molecular weight excluding hydrogens is 573 g/mol. The summed E-state index contributed by atoms with van der Waals surface area (Å²) in [5, 5.41) is 8.45. The van der Waals surface area contributed by atoms with Crippen molar-refractivity contribution < 1.29 is 37.7 Å². The molecule has 1 aromatic carbocycles. The summed E-state index contributed by atoms with van der Waals surface area (Å²) < 4.78 is 37.8. The lowest BCUT2D eigenvalue weighted by Crippen LogP contribution is -2.28. The minimum absolute atomic E-state index is 0.0507. The van der Waals surface area contributed by atoms with Crippen molar-refractivity contribution in [2.75, 3.05) is 29.2 Å². The fraction of sp³-hybridized carbons (Fsp3) is 0.452. The molecule has 236 valence electrons. The number of carbonyl (C=O) groups excluding carboxylic acids is 3. The molecule has 12 nitrogen and oxygen atoms in total. The summed E-state index contributed by atoms with van der Waals surface area (Å²) in [5.74, 6) is -0.584. The van der Waals surface area contributed by atoms with Gasteiger partial charge in [0.25, 0.3) is 0 Å². The predicted molar refractivity (Wildman–Crippen MR) is 163 cm³/mol. The van der Waals surface area contributed by atoms with Crippen molar-refractivity contribution in [1.29, 1.82) is 0 Å². The van der Waals surface area contributed by atoms with E-state index in [0.29, 0.717) is 35.4 Å². The van der Waals surface area contributed by atoms with E-state index in [4.69, 9.17) is 18.9 Å². The first-order chi connectivity index (χ1) is 20.5. The first-order valence-corrected chi connectivity index (χ1v) is 14.1. The molecule has 1 aliphatic rings. The maximum atomic E-state index is 16.3. The van der Waals surface area contributed by atoms with E-state index in [-0.39, 0.29) is 28.4 Å². The first kappa shape index (κ1) is 32.4. The summed E-state index contributed by atoms with van der Waals surface area (Å²) in [5.41, 5.74) is -0.544. The van der Waals surface area contributed by atoms with E-state index < -0.39 is 41.4 Å². The fourth-order valence-corrected chi connectivity index (χ4v) is 4.46. The third-order valence-corrected chi connectivity index (χ3v) is 6.51. The van der Waals surface area contributed by atoms with Crippen molar-refractivity contribution in [2.24, 2.45) is 5.92 Å². The number of halogens is 1. The summed E-state index contributed by atoms with van der Waals surface area (Å²) in [6.45, 7) is 14.7. The van der Waals surface area contributed by atoms with Crippen molar-refractivity contribution in [3.05, 3.63) is 42.1 Å². The second kappa shape index (κ2) is 12.6. The van der Waals surface area contributed by atoms with Gasteiger partial charge in [-0.1, -0.05) is 6.92 Å². The Morgan fingerprint density at radius 2 is 1.55 bits per heavy atom. The van der Waals surface area contributed by atoms with Crippen LogP contribution in [-0.2, 0) is 18.9 Å². The third-order valence-electron chi connectivity index (χ3n) is 6.51. The molecule has 0 spiro atoms. The van der Waals surface area contributed by atoms with Crippen LogP contribution in [0.1, 0.15) is 54.0 Å². The van der Waals surface area contributed by atoms with E-state index in [2.05, 4.69) is 25.9 Å². The van der Waals surface area contributed by atoms with Crippen LogP contribution in [-0.4, -0.2) is 58.8 Å². The van der Waals surface area contributed by atoms with Crippen molar-refractivity contribution in [3.63, 3.8) is 0 Å². The molecule has 1 aliphatic heterocycles. The zero-order valence-electron chi connectivity index (χ0n) is 26.1. The van der Waals surface area contributed by atoms with Crippen molar-refractivity contribution >= 4 is 46.2 Å². The minimum Gasteiger partial charge on any atom is -0.444 e. The largest absolute Gasteiger partial charge is 0.444 e. The van der Waals surface area contributed by atoms with Gasteiger partial charge in [0.05, 0.1) is 30.8 Å². The van der Waals surface area contributed by atoms with Crippen LogP contribution in [0.25, 0.3) is 21.9 Å². The molecule has 0 saturated carbocycles. The average molecular weight is 612 g/mol. The van der Waals surface area contributed by atoms with Crippen LogP contribution in [0.5, 0.6) is 0 Å². The van der Waals surface area contributed by atoms with Crippen LogP contribution in [0.4, 0.5) is 36.0 Å². The van der Waals surface area contributed by atoms with Crippen molar-refractivity contribution in [1.82, 2.24) is 9.97 Å². The lowest BCUT2D eigenvalue weighted by Gasteiger charge is -2.22. The number of hydrogen-bond acceptors (Lipinski definition) is 9. The number of anilines is 3. The van der Waals surface area contributed by atoms with Crippen LogP contribution in [0, 0.1) is 18.7 Å². The van der Waals surface area contributed by atoms with Gasteiger partial charge in [-0.2, -0.15) is 0 Å². The summed E-state index contributed by atoms with van der Waals surface area (Å²) in [4.78, 5) is 46.2. The molecule has 4 rings (SSSR count). The highest BCUT2D eigenvalue weighted by Crippen LogP contribution is 2.38. The molecule has 13 heteroatoms. The Balaban J connectivity index is 1.75. The molecule has 44 heavy (non-hydrogen) atoms. The molecule has 3 N–H and O–H groups in total. The number of nitrogens with one attached hydrogen (secondary N) is 3. The van der Waals surface area contributed by atoms with E-state index in [0.717, 1.165) is 0 Å². The third kappa shape index (κ3) is 8.10. The Morgan fingerprint density at radius 1 is 0.886 bits per heavy atom. The van der Waals surface area contributed by atoms with Gasteiger partial charge in [0.1, 0.15) is 23.1 Å². The monoisotopic (exact) mass is 611 g/mol. The quantitative estimate of drug-likeness (QED) is 0.259. The maximum absolute atomic E-state index is 16.3. The molecule has 0 unspecified atom stereocenters. The number of carbonyl (C=O) groups is 3. The van der Waals surface area contributed by atoms with Gasteiger partial charge in [0.2, 0.25) is 0 Å². The summed E-state index contributed by atoms with van der Waals surface area (Å²) in [7, 11) is 0. The number of pyridine rings is 2. The molecule has 0 radical (unpaired) electrons. The van der Waals surface area contributed by atoms with E-state index >= 15 is 4.39 Å². The fourth-order valence-electron chi connectivity index (χ4n) is 4.46. The van der Waals surface area contributed by atoms with Crippen LogP contribution in [0.2, 0.25) is 0 Å². The number of benzene rings is 1. The molecule has 3 amide bonds. The molecule has 1 fully saturated rings. The van der Waals surface area contributed by atoms with E-state index in [1.807, 2.05) is 6.92 Å². The van der Waals surface area contributed by atoms with E-state index in [9.17, 15) is 14.4 Å². The zero-order valence-corrected chi connectivity index (χ0v) is 26.1. The highest BCUT2D eigenvalue weighted by molar-refractivity contribution is 6.04. The maximum Gasteiger partial charge on any atom is 0.413 e. The lowest BCUT2D eigenvalue weighted by molar-refractivity contribution is 0.0624. The Labute approximate surface area is 255 Å². The highest BCUT2D eigenvalue weighted by Gasteiger charge is 2.28. The number of rotatable bonds is 5. The van der Waals surface area contributed by atoms with Gasteiger partial charge in [-0.15, -0.1) is 0 Å². The van der Waals surface area contributed by atoms with Crippen LogP contribution in [0.3, 0.4) is 0 Å². The van der Waals surface area contributed by atoms with Gasteiger partial charge < -0.3 is 18.9 Å². The van der Waals surface area contributed by atoms with Crippen molar-refractivity contribution in [3.8, 4) is 11.1 Å². The number of nitrogens with zero attached hydrogens (tertiary/aromatic N) is 2. The molecule has 3 heterocycles. The summed E-state index contributed by atoms with van der Waals surface area (Å²) in [6.07, 6.45) is 1.53. The smallest absolute Gasteiger partial charge is 0.413 e. The number of aromatic nitrogens is 2. The Kier molecular flexibility index (Phi) is 9.28. The van der Waals surface area contributed by atoms with Gasteiger partial charge in [-0.3, -0.25) is 20.9 Å². The molecule has 1 saturated heterocycles. The van der Waals surface area contributed by atoms with Gasteiger partial charge in [-0.25, -0.2) is 23.8 Å². The molecule has 2 atom stereocenters. The normalized spacial score (nSPS) is 16.8. The number of ether oxygens (including phenoxy) is 4. The lowest BCUT2D eigenvalue weighted by atomic mass is 9.97. The Morgan fingerprint density at radius 3 is 2.16 bits per heavy atom. The first-order valence-electron chi connectivity index (χ1n) is 14.1. The number of hydrogen-bond donors (Lipinski definition) is 3. The topological polar surface area (TPSA) is 150 Å². The second-order valence-corrected chi connectivity index (χ2v) is 12.6. The van der Waals surface area contributed by atoms with E-state index in [1.54, 1.807) is 48.5 Å². The summed E-state index contributed by atoms with van der Waals surface area (Å²) >= 11 is 0. The highest BCUT2D eigenvalue weighted by atomic mass is 19.1.